The Morgan fingerprint density at radius 3 is 2.83 bits per heavy atom. The van der Waals surface area contributed by atoms with Gasteiger partial charge in [0.2, 0.25) is 11.7 Å². The fourth-order valence-corrected chi connectivity index (χ4v) is 4.40. The van der Waals surface area contributed by atoms with Gasteiger partial charge in [-0.15, -0.1) is 11.3 Å². The van der Waals surface area contributed by atoms with Gasteiger partial charge in [0.05, 0.1) is 10.9 Å². The van der Waals surface area contributed by atoms with E-state index < -0.39 is 10.0 Å². The summed E-state index contributed by atoms with van der Waals surface area (Å²) in [6.07, 6.45) is 0. The smallest absolute Gasteiger partial charge is 0.250 e. The first-order valence-corrected chi connectivity index (χ1v) is 9.26. The Bertz CT molecular complexity index is 934. The number of thiophene rings is 1. The zero-order chi connectivity index (χ0) is 16.4. The molecule has 0 atom stereocenters. The minimum absolute atomic E-state index is 0.0866. The van der Waals surface area contributed by atoms with Gasteiger partial charge >= 0.3 is 0 Å². The van der Waals surface area contributed by atoms with E-state index in [4.69, 9.17) is 16.1 Å². The van der Waals surface area contributed by atoms with Crippen LogP contribution in [-0.2, 0) is 16.6 Å². The third kappa shape index (κ3) is 3.78. The molecule has 0 spiro atoms. The van der Waals surface area contributed by atoms with Gasteiger partial charge in [-0.05, 0) is 25.1 Å². The summed E-state index contributed by atoms with van der Waals surface area (Å²) >= 11 is 6.73. The zero-order valence-electron chi connectivity index (χ0n) is 12.0. The summed E-state index contributed by atoms with van der Waals surface area (Å²) in [6, 6.07) is 10.6. The summed E-state index contributed by atoms with van der Waals surface area (Å²) in [4.78, 5) is 4.20. The molecule has 0 fully saturated rings. The molecule has 6 nitrogen and oxygen atoms in total. The first kappa shape index (κ1) is 16.1. The van der Waals surface area contributed by atoms with E-state index in [1.54, 1.807) is 0 Å². The van der Waals surface area contributed by atoms with Crippen molar-refractivity contribution in [3.05, 3.63) is 52.2 Å². The minimum Gasteiger partial charge on any atom is -0.338 e. The largest absolute Gasteiger partial charge is 0.338 e. The second-order valence-corrected chi connectivity index (χ2v) is 8.47. The minimum atomic E-state index is -3.64. The van der Waals surface area contributed by atoms with Gasteiger partial charge in [-0.1, -0.05) is 40.5 Å². The Kier molecular flexibility index (Phi) is 4.49. The van der Waals surface area contributed by atoms with E-state index in [1.807, 2.05) is 31.2 Å². The number of hydrogen-bond acceptors (Lipinski definition) is 6. The predicted octanol–water partition coefficient (Wildman–Crippen LogP) is 3.24. The molecule has 1 aromatic carbocycles. The second-order valence-electron chi connectivity index (χ2n) is 4.76. The van der Waals surface area contributed by atoms with E-state index in [9.17, 15) is 8.42 Å². The number of halogens is 1. The van der Waals surface area contributed by atoms with Gasteiger partial charge < -0.3 is 4.52 Å². The molecule has 9 heteroatoms. The van der Waals surface area contributed by atoms with E-state index in [-0.39, 0.29) is 16.6 Å². The predicted molar refractivity (Wildman–Crippen MR) is 87.8 cm³/mol. The highest BCUT2D eigenvalue weighted by Crippen LogP contribution is 2.25. The average molecular weight is 370 g/mol. The van der Waals surface area contributed by atoms with Crippen molar-refractivity contribution in [2.45, 2.75) is 17.7 Å². The lowest BCUT2D eigenvalue weighted by atomic mass is 10.1. The van der Waals surface area contributed by atoms with Crippen LogP contribution in [0.15, 0.2) is 45.1 Å². The van der Waals surface area contributed by atoms with Crippen LogP contribution in [0.3, 0.4) is 0 Å². The molecule has 0 aliphatic carbocycles. The average Bonchev–Trinajstić information content (AvgIpc) is 3.14. The normalized spacial score (nSPS) is 11.7. The van der Waals surface area contributed by atoms with Crippen LogP contribution in [0.2, 0.25) is 4.34 Å². The third-order valence-corrected chi connectivity index (χ3v) is 6.10. The van der Waals surface area contributed by atoms with Crippen LogP contribution in [0.4, 0.5) is 0 Å². The SMILES string of the molecule is Cc1cccc(-c2noc(CNS(=O)(=O)c3ccc(Cl)s3)n2)c1. The maximum Gasteiger partial charge on any atom is 0.250 e. The van der Waals surface area contributed by atoms with Crippen molar-refractivity contribution < 1.29 is 12.9 Å². The summed E-state index contributed by atoms with van der Waals surface area (Å²) in [5, 5.41) is 3.87. The van der Waals surface area contributed by atoms with Gasteiger partial charge in [0, 0.05) is 5.56 Å². The van der Waals surface area contributed by atoms with E-state index in [2.05, 4.69) is 14.9 Å². The number of sulfonamides is 1. The van der Waals surface area contributed by atoms with Gasteiger partial charge in [-0.2, -0.15) is 4.98 Å². The number of nitrogens with one attached hydrogen (secondary N) is 1. The summed E-state index contributed by atoms with van der Waals surface area (Å²) in [5.41, 5.74) is 1.89. The second kappa shape index (κ2) is 6.40. The van der Waals surface area contributed by atoms with E-state index >= 15 is 0 Å². The van der Waals surface area contributed by atoms with E-state index in [0.29, 0.717) is 10.2 Å². The quantitative estimate of drug-likeness (QED) is 0.746. The highest BCUT2D eigenvalue weighted by Gasteiger charge is 2.18. The molecule has 0 radical (unpaired) electrons. The molecule has 0 amide bonds. The Labute approximate surface area is 142 Å². The van der Waals surface area contributed by atoms with E-state index in [1.165, 1.54) is 12.1 Å². The lowest BCUT2D eigenvalue weighted by Crippen LogP contribution is -2.22. The topological polar surface area (TPSA) is 85.1 Å². The molecular formula is C14H12ClN3O3S2. The van der Waals surface area contributed by atoms with Crippen molar-refractivity contribution in [3.63, 3.8) is 0 Å². The Morgan fingerprint density at radius 2 is 2.13 bits per heavy atom. The number of aryl methyl sites for hydroxylation is 1. The fourth-order valence-electron chi connectivity index (χ4n) is 1.90. The van der Waals surface area contributed by atoms with Crippen molar-refractivity contribution in [2.75, 3.05) is 0 Å². The molecule has 0 saturated carbocycles. The molecule has 23 heavy (non-hydrogen) atoms. The van der Waals surface area contributed by atoms with Gasteiger partial charge in [0.25, 0.3) is 10.0 Å². The van der Waals surface area contributed by atoms with Crippen molar-refractivity contribution >= 4 is 33.0 Å². The standard InChI is InChI=1S/C14H12ClN3O3S2/c1-9-3-2-4-10(7-9)14-17-12(21-18-14)8-16-23(19,20)13-6-5-11(15)22-13/h2-7,16H,8H2,1H3. The van der Waals surface area contributed by atoms with Crippen LogP contribution in [0.25, 0.3) is 11.4 Å². The van der Waals surface area contributed by atoms with Crippen molar-refractivity contribution in [3.8, 4) is 11.4 Å². The van der Waals surface area contributed by atoms with E-state index in [0.717, 1.165) is 22.5 Å². The summed E-state index contributed by atoms with van der Waals surface area (Å²) in [5.74, 6) is 0.606. The Balaban J connectivity index is 1.72. The molecule has 0 aliphatic heterocycles. The summed E-state index contributed by atoms with van der Waals surface area (Å²) in [7, 11) is -3.64. The number of nitrogens with zero attached hydrogens (tertiary/aromatic N) is 2. The fraction of sp³-hybridized carbons (Fsp3) is 0.143. The number of benzene rings is 1. The summed E-state index contributed by atoms with van der Waals surface area (Å²) < 4.78 is 32.2. The summed E-state index contributed by atoms with van der Waals surface area (Å²) in [6.45, 7) is 1.88. The molecule has 0 unspecified atom stereocenters. The van der Waals surface area contributed by atoms with Crippen LogP contribution in [0, 0.1) is 6.92 Å². The van der Waals surface area contributed by atoms with Crippen LogP contribution in [0.1, 0.15) is 11.5 Å². The number of rotatable bonds is 5. The molecule has 0 aliphatic rings. The molecule has 2 heterocycles. The molecule has 120 valence electrons. The number of hydrogen-bond donors (Lipinski definition) is 1. The third-order valence-electron chi connectivity index (χ3n) is 2.97. The lowest BCUT2D eigenvalue weighted by Gasteiger charge is -2.00. The molecule has 1 N–H and O–H groups in total. The van der Waals surface area contributed by atoms with Crippen LogP contribution >= 0.6 is 22.9 Å². The van der Waals surface area contributed by atoms with Gasteiger partial charge in [0.15, 0.2) is 0 Å². The van der Waals surface area contributed by atoms with Crippen molar-refractivity contribution in [2.24, 2.45) is 0 Å². The molecule has 2 aromatic heterocycles. The molecule has 3 aromatic rings. The number of aromatic nitrogens is 2. The van der Waals surface area contributed by atoms with Crippen LogP contribution in [0.5, 0.6) is 0 Å². The lowest BCUT2D eigenvalue weighted by molar-refractivity contribution is 0.376. The van der Waals surface area contributed by atoms with Gasteiger partial charge in [-0.25, -0.2) is 13.1 Å². The van der Waals surface area contributed by atoms with Crippen LogP contribution in [-0.4, -0.2) is 18.6 Å². The van der Waals surface area contributed by atoms with Crippen molar-refractivity contribution in [1.82, 2.24) is 14.9 Å². The Morgan fingerprint density at radius 1 is 1.30 bits per heavy atom. The zero-order valence-corrected chi connectivity index (χ0v) is 14.4. The first-order valence-electron chi connectivity index (χ1n) is 6.59. The van der Waals surface area contributed by atoms with Crippen molar-refractivity contribution in [1.29, 1.82) is 0 Å². The highest BCUT2D eigenvalue weighted by atomic mass is 35.5. The van der Waals surface area contributed by atoms with Gasteiger partial charge in [-0.3, -0.25) is 0 Å². The van der Waals surface area contributed by atoms with Gasteiger partial charge in [0.1, 0.15) is 4.21 Å². The maximum atomic E-state index is 12.1. The van der Waals surface area contributed by atoms with Crippen LogP contribution < -0.4 is 4.72 Å². The molecular weight excluding hydrogens is 358 g/mol. The first-order chi connectivity index (χ1) is 10.9. The Hall–Kier alpha value is -1.74. The molecule has 0 saturated heterocycles. The monoisotopic (exact) mass is 369 g/mol. The molecule has 0 bridgehead atoms. The highest BCUT2D eigenvalue weighted by molar-refractivity contribution is 7.91. The molecule has 3 rings (SSSR count). The maximum absolute atomic E-state index is 12.1.